The summed E-state index contributed by atoms with van der Waals surface area (Å²) in [6.45, 7) is 4.02. The fraction of sp³-hybridized carbons (Fsp3) is 0.263. The van der Waals surface area contributed by atoms with Gasteiger partial charge in [0.2, 0.25) is 0 Å². The third kappa shape index (κ3) is 4.88. The molecule has 0 aliphatic rings. The van der Waals surface area contributed by atoms with Crippen LogP contribution in [0.1, 0.15) is 36.8 Å². The summed E-state index contributed by atoms with van der Waals surface area (Å²) < 4.78 is 10.7. The van der Waals surface area contributed by atoms with Crippen LogP contribution in [-0.4, -0.2) is 23.7 Å². The van der Waals surface area contributed by atoms with Gasteiger partial charge in [0.25, 0.3) is 5.56 Å². The molecule has 25 heavy (non-hydrogen) atoms. The lowest BCUT2D eigenvalue weighted by Gasteiger charge is -2.11. The largest absolute Gasteiger partial charge is 0.493 e. The molecule has 130 valence electrons. The van der Waals surface area contributed by atoms with E-state index in [9.17, 15) is 4.79 Å². The number of methoxy groups -OCH3 is 1. The third-order valence-electron chi connectivity index (χ3n) is 3.32. The number of H-pyrrole nitrogens is 1. The van der Waals surface area contributed by atoms with Gasteiger partial charge in [0.1, 0.15) is 12.4 Å². The molecule has 5 nitrogen and oxygen atoms in total. The van der Waals surface area contributed by atoms with E-state index >= 15 is 0 Å². The van der Waals surface area contributed by atoms with Gasteiger partial charge in [-0.25, -0.2) is 4.98 Å². The first-order valence-corrected chi connectivity index (χ1v) is 8.05. The van der Waals surface area contributed by atoms with E-state index < -0.39 is 0 Å². The average molecular weight is 359 g/mol. The fourth-order valence-corrected chi connectivity index (χ4v) is 2.40. The van der Waals surface area contributed by atoms with Gasteiger partial charge in [-0.1, -0.05) is 37.4 Å². The van der Waals surface area contributed by atoms with Crippen molar-refractivity contribution in [2.24, 2.45) is 0 Å². The molecule has 0 fully saturated rings. The minimum atomic E-state index is -0.188. The van der Waals surface area contributed by atoms with Crippen molar-refractivity contribution in [2.75, 3.05) is 13.7 Å². The zero-order chi connectivity index (χ0) is 18.4. The molecule has 1 aromatic carbocycles. The molecule has 0 spiro atoms. The van der Waals surface area contributed by atoms with Crippen LogP contribution in [-0.2, 0) is 0 Å². The maximum absolute atomic E-state index is 11.7. The van der Waals surface area contributed by atoms with Crippen molar-refractivity contribution in [2.45, 2.75) is 19.8 Å². The molecule has 0 bridgehead atoms. The molecule has 0 amide bonds. The van der Waals surface area contributed by atoms with Crippen molar-refractivity contribution in [3.05, 3.63) is 50.7 Å². The topological polar surface area (TPSA) is 64.2 Å². The zero-order valence-corrected chi connectivity index (χ0v) is 15.1. The lowest BCUT2D eigenvalue weighted by atomic mass is 10.1. The molecule has 0 aliphatic heterocycles. The van der Waals surface area contributed by atoms with E-state index in [1.807, 2.05) is 13.8 Å². The lowest BCUT2D eigenvalue weighted by molar-refractivity contribution is 0.331. The molecule has 6 heteroatoms. The first-order chi connectivity index (χ1) is 11.9. The molecule has 0 atom stereocenters. The summed E-state index contributed by atoms with van der Waals surface area (Å²) in [4.78, 5) is 18.9. The molecule has 0 saturated heterocycles. The Labute approximate surface area is 151 Å². The van der Waals surface area contributed by atoms with Gasteiger partial charge in [-0.3, -0.25) is 4.79 Å². The Bertz CT molecular complexity index is 879. The highest BCUT2D eigenvalue weighted by atomic mass is 35.5. The number of rotatable bonds is 6. The highest BCUT2D eigenvalue weighted by molar-refractivity contribution is 6.32. The first kappa shape index (κ1) is 18.6. The van der Waals surface area contributed by atoms with Crippen LogP contribution in [0.3, 0.4) is 0 Å². The van der Waals surface area contributed by atoms with E-state index in [0.29, 0.717) is 28.0 Å². The second-order valence-electron chi connectivity index (χ2n) is 5.57. The molecule has 1 N–H and O–H groups in total. The third-order valence-corrected chi connectivity index (χ3v) is 3.61. The number of terminal acetylenes is 1. The smallest absolute Gasteiger partial charge is 0.251 e. The van der Waals surface area contributed by atoms with Crippen molar-refractivity contribution in [3.8, 4) is 23.8 Å². The minimum absolute atomic E-state index is 0.0972. The van der Waals surface area contributed by atoms with Crippen LogP contribution in [0.4, 0.5) is 0 Å². The van der Waals surface area contributed by atoms with Crippen LogP contribution < -0.4 is 15.0 Å². The number of ether oxygens (including phenoxy) is 2. The van der Waals surface area contributed by atoms with Gasteiger partial charge in [0, 0.05) is 12.0 Å². The summed E-state index contributed by atoms with van der Waals surface area (Å²) in [5.74, 6) is 4.03. The van der Waals surface area contributed by atoms with Gasteiger partial charge in [-0.15, -0.1) is 6.42 Å². The normalized spacial score (nSPS) is 10.9. The van der Waals surface area contributed by atoms with Gasteiger partial charge < -0.3 is 14.5 Å². The molecule has 1 heterocycles. The quantitative estimate of drug-likeness (QED) is 0.799. The van der Waals surface area contributed by atoms with Crippen molar-refractivity contribution in [3.63, 3.8) is 0 Å². The monoisotopic (exact) mass is 358 g/mol. The summed E-state index contributed by atoms with van der Waals surface area (Å²) in [5.41, 5.74) is 1.16. The number of benzene rings is 1. The number of aromatic amines is 1. The van der Waals surface area contributed by atoms with Crippen LogP contribution >= 0.6 is 11.6 Å². The Morgan fingerprint density at radius 2 is 2.12 bits per heavy atom. The van der Waals surface area contributed by atoms with E-state index in [0.717, 1.165) is 5.56 Å². The molecule has 0 unspecified atom stereocenters. The Kier molecular flexibility index (Phi) is 6.26. The fourth-order valence-electron chi connectivity index (χ4n) is 2.13. The molecular formula is C19H19ClN2O3. The Balaban J connectivity index is 2.34. The van der Waals surface area contributed by atoms with Crippen LogP contribution in [0.2, 0.25) is 5.02 Å². The van der Waals surface area contributed by atoms with Gasteiger partial charge in [-0.05, 0) is 23.8 Å². The van der Waals surface area contributed by atoms with Crippen molar-refractivity contribution in [1.29, 1.82) is 0 Å². The van der Waals surface area contributed by atoms with Gasteiger partial charge in [0.15, 0.2) is 11.5 Å². The summed E-state index contributed by atoms with van der Waals surface area (Å²) in [5, 5.41) is 0.385. The SMILES string of the molecule is C#CCOc1c(Cl)cc(/C=C/c2cc(=O)[nH]c(C(C)C)n2)cc1OC. The molecule has 0 saturated carbocycles. The zero-order valence-electron chi connectivity index (χ0n) is 14.3. The van der Waals surface area contributed by atoms with Gasteiger partial charge in [0.05, 0.1) is 17.8 Å². The highest BCUT2D eigenvalue weighted by Gasteiger charge is 2.11. The molecule has 0 radical (unpaired) electrons. The summed E-state index contributed by atoms with van der Waals surface area (Å²) in [7, 11) is 1.52. The number of halogens is 1. The second kappa shape index (κ2) is 8.41. The number of aromatic nitrogens is 2. The number of hydrogen-bond donors (Lipinski definition) is 1. The minimum Gasteiger partial charge on any atom is -0.493 e. The summed E-state index contributed by atoms with van der Waals surface area (Å²) in [6.07, 6.45) is 8.74. The second-order valence-corrected chi connectivity index (χ2v) is 5.98. The van der Waals surface area contributed by atoms with Crippen LogP contribution in [0.5, 0.6) is 11.5 Å². The molecule has 0 aliphatic carbocycles. The van der Waals surface area contributed by atoms with Crippen LogP contribution in [0, 0.1) is 12.3 Å². The summed E-state index contributed by atoms with van der Waals surface area (Å²) in [6, 6.07) is 4.93. The average Bonchev–Trinajstić information content (AvgIpc) is 2.58. The van der Waals surface area contributed by atoms with E-state index in [4.69, 9.17) is 27.5 Å². The first-order valence-electron chi connectivity index (χ1n) is 7.67. The Hall–Kier alpha value is -2.71. The summed E-state index contributed by atoms with van der Waals surface area (Å²) >= 11 is 6.24. The molecule has 1 aromatic heterocycles. The number of nitrogens with zero attached hydrogens (tertiary/aromatic N) is 1. The van der Waals surface area contributed by atoms with Crippen molar-refractivity contribution < 1.29 is 9.47 Å². The maximum atomic E-state index is 11.7. The Morgan fingerprint density at radius 1 is 1.36 bits per heavy atom. The van der Waals surface area contributed by atoms with Gasteiger partial charge in [-0.2, -0.15) is 0 Å². The van der Waals surface area contributed by atoms with E-state index in [2.05, 4.69) is 15.9 Å². The standard InChI is InChI=1S/C19H19ClN2O3/c1-5-8-25-18-15(20)9-13(10-16(18)24-4)6-7-14-11-17(23)22-19(21-14)12(2)3/h1,6-7,9-12H,8H2,2-4H3,(H,21,22,23)/b7-6+. The highest BCUT2D eigenvalue weighted by Crippen LogP contribution is 2.36. The van der Waals surface area contributed by atoms with Crippen LogP contribution in [0.15, 0.2) is 23.0 Å². The van der Waals surface area contributed by atoms with Gasteiger partial charge >= 0.3 is 0 Å². The van der Waals surface area contributed by atoms with Crippen molar-refractivity contribution in [1.82, 2.24) is 9.97 Å². The number of hydrogen-bond acceptors (Lipinski definition) is 4. The lowest BCUT2D eigenvalue weighted by Crippen LogP contribution is -2.12. The molecule has 2 aromatic rings. The predicted octanol–water partition coefficient (Wildman–Crippen LogP) is 3.74. The van der Waals surface area contributed by atoms with E-state index in [-0.39, 0.29) is 18.1 Å². The molecular weight excluding hydrogens is 340 g/mol. The Morgan fingerprint density at radius 3 is 2.76 bits per heavy atom. The maximum Gasteiger partial charge on any atom is 0.251 e. The van der Waals surface area contributed by atoms with Crippen molar-refractivity contribution >= 4 is 23.8 Å². The molecule has 2 rings (SSSR count). The number of nitrogens with one attached hydrogen (secondary N) is 1. The predicted molar refractivity (Wildman–Crippen MR) is 100 cm³/mol. The van der Waals surface area contributed by atoms with Crippen LogP contribution in [0.25, 0.3) is 12.2 Å². The van der Waals surface area contributed by atoms with E-state index in [1.54, 1.807) is 24.3 Å². The van der Waals surface area contributed by atoms with E-state index in [1.165, 1.54) is 13.2 Å².